The van der Waals surface area contributed by atoms with E-state index >= 15 is 0 Å². The summed E-state index contributed by atoms with van der Waals surface area (Å²) in [6.07, 6.45) is 0.0572. The molecule has 0 aliphatic carbocycles. The van der Waals surface area contributed by atoms with Gasteiger partial charge in [-0.05, 0) is 19.1 Å². The van der Waals surface area contributed by atoms with Gasteiger partial charge in [0.15, 0.2) is 11.5 Å². The SMILES string of the molecule is COCC(=O)N/N=C(/C)CC(=O)Nc1ccc2c(c1)OCCO2. The molecule has 2 amide bonds. The zero-order valence-electron chi connectivity index (χ0n) is 13.0. The highest BCUT2D eigenvalue weighted by atomic mass is 16.6. The maximum atomic E-state index is 12.0. The number of nitrogens with zero attached hydrogens (tertiary/aromatic N) is 1. The summed E-state index contributed by atoms with van der Waals surface area (Å²) in [6.45, 7) is 2.57. The van der Waals surface area contributed by atoms with Crippen molar-refractivity contribution in [3.8, 4) is 11.5 Å². The average molecular weight is 321 g/mol. The topological polar surface area (TPSA) is 98.2 Å². The van der Waals surface area contributed by atoms with Crippen molar-refractivity contribution < 1.29 is 23.8 Å². The molecule has 1 aromatic rings. The quantitative estimate of drug-likeness (QED) is 0.600. The molecule has 8 heteroatoms. The summed E-state index contributed by atoms with van der Waals surface area (Å²) in [6, 6.07) is 5.19. The van der Waals surface area contributed by atoms with Gasteiger partial charge in [-0.1, -0.05) is 0 Å². The number of nitrogens with one attached hydrogen (secondary N) is 2. The van der Waals surface area contributed by atoms with E-state index < -0.39 is 0 Å². The monoisotopic (exact) mass is 321 g/mol. The average Bonchev–Trinajstić information content (AvgIpc) is 2.53. The molecule has 0 aromatic heterocycles. The van der Waals surface area contributed by atoms with E-state index in [1.54, 1.807) is 25.1 Å². The molecule has 0 spiro atoms. The first kappa shape index (κ1) is 16.8. The van der Waals surface area contributed by atoms with Crippen molar-refractivity contribution in [2.45, 2.75) is 13.3 Å². The molecule has 0 unspecified atom stereocenters. The van der Waals surface area contributed by atoms with E-state index in [1.807, 2.05) is 0 Å². The van der Waals surface area contributed by atoms with Crippen molar-refractivity contribution in [1.29, 1.82) is 0 Å². The summed E-state index contributed by atoms with van der Waals surface area (Å²) in [5, 5.41) is 6.57. The molecule has 0 fully saturated rings. The lowest BCUT2D eigenvalue weighted by molar-refractivity contribution is -0.124. The van der Waals surface area contributed by atoms with E-state index in [4.69, 9.17) is 9.47 Å². The van der Waals surface area contributed by atoms with Crippen LogP contribution in [0.5, 0.6) is 11.5 Å². The van der Waals surface area contributed by atoms with Crippen molar-refractivity contribution in [3.63, 3.8) is 0 Å². The molecule has 1 heterocycles. The molecule has 1 aliphatic heterocycles. The van der Waals surface area contributed by atoms with Crippen LogP contribution in [0, 0.1) is 0 Å². The Hall–Kier alpha value is -2.61. The fraction of sp³-hybridized carbons (Fsp3) is 0.400. The van der Waals surface area contributed by atoms with Crippen molar-refractivity contribution in [1.82, 2.24) is 5.43 Å². The van der Waals surface area contributed by atoms with Gasteiger partial charge in [0.05, 0.1) is 6.42 Å². The fourth-order valence-electron chi connectivity index (χ4n) is 1.92. The van der Waals surface area contributed by atoms with Crippen molar-refractivity contribution >= 4 is 23.2 Å². The Bertz CT molecular complexity index is 615. The lowest BCUT2D eigenvalue weighted by Crippen LogP contribution is -2.24. The Morgan fingerprint density at radius 2 is 1.96 bits per heavy atom. The number of fused-ring (bicyclic) bond motifs is 1. The van der Waals surface area contributed by atoms with Crippen LogP contribution in [-0.2, 0) is 14.3 Å². The minimum Gasteiger partial charge on any atom is -0.486 e. The molecule has 2 N–H and O–H groups in total. The van der Waals surface area contributed by atoms with Gasteiger partial charge in [-0.2, -0.15) is 5.10 Å². The minimum atomic E-state index is -0.376. The summed E-state index contributed by atoms with van der Waals surface area (Å²) in [5.41, 5.74) is 3.38. The number of rotatable bonds is 6. The number of hydrazone groups is 1. The molecule has 124 valence electrons. The number of benzene rings is 1. The lowest BCUT2D eigenvalue weighted by Gasteiger charge is -2.19. The summed E-state index contributed by atoms with van der Waals surface area (Å²) >= 11 is 0. The van der Waals surface area contributed by atoms with Crippen molar-refractivity contribution in [2.24, 2.45) is 5.10 Å². The van der Waals surface area contributed by atoms with Gasteiger partial charge in [0.25, 0.3) is 5.91 Å². The number of hydrogen-bond acceptors (Lipinski definition) is 6. The van der Waals surface area contributed by atoms with Gasteiger partial charge < -0.3 is 19.5 Å². The third kappa shape index (κ3) is 5.26. The maximum absolute atomic E-state index is 12.0. The first-order valence-electron chi connectivity index (χ1n) is 7.09. The standard InChI is InChI=1S/C15H19N3O5/c1-10(17-18-15(20)9-21-2)7-14(19)16-11-3-4-12-13(8-11)23-6-5-22-12/h3-4,8H,5-7,9H2,1-2H3,(H,16,19)(H,18,20)/b17-10-. The summed E-state index contributed by atoms with van der Waals surface area (Å²) in [7, 11) is 1.41. The molecule has 0 saturated heterocycles. The molecule has 1 aromatic carbocycles. The lowest BCUT2D eigenvalue weighted by atomic mass is 10.2. The van der Waals surface area contributed by atoms with Crippen molar-refractivity contribution in [3.05, 3.63) is 18.2 Å². The Morgan fingerprint density at radius 1 is 1.22 bits per heavy atom. The van der Waals surface area contributed by atoms with E-state index in [2.05, 4.69) is 20.6 Å². The third-order valence-electron chi connectivity index (χ3n) is 2.89. The highest BCUT2D eigenvalue weighted by Gasteiger charge is 2.13. The second-order valence-electron chi connectivity index (χ2n) is 4.90. The van der Waals surface area contributed by atoms with Gasteiger partial charge in [0.1, 0.15) is 19.8 Å². The van der Waals surface area contributed by atoms with E-state index in [0.717, 1.165) is 0 Å². The molecule has 0 saturated carbocycles. The Balaban J connectivity index is 1.87. The van der Waals surface area contributed by atoms with Gasteiger partial charge in [0, 0.05) is 24.6 Å². The van der Waals surface area contributed by atoms with Gasteiger partial charge in [-0.25, -0.2) is 5.43 Å². The van der Waals surface area contributed by atoms with Crippen molar-refractivity contribution in [2.75, 3.05) is 32.2 Å². The smallest absolute Gasteiger partial charge is 0.266 e. The van der Waals surface area contributed by atoms with E-state index in [1.165, 1.54) is 7.11 Å². The Morgan fingerprint density at radius 3 is 2.70 bits per heavy atom. The first-order chi connectivity index (χ1) is 11.1. The van der Waals surface area contributed by atoms with Gasteiger partial charge >= 0.3 is 0 Å². The van der Waals surface area contributed by atoms with Crippen LogP contribution in [0.25, 0.3) is 0 Å². The van der Waals surface area contributed by atoms with Crippen LogP contribution in [0.3, 0.4) is 0 Å². The molecule has 0 radical (unpaired) electrons. The summed E-state index contributed by atoms with van der Waals surface area (Å²) < 4.78 is 15.5. The molecule has 0 bridgehead atoms. The highest BCUT2D eigenvalue weighted by molar-refractivity contribution is 6.05. The van der Waals surface area contributed by atoms with Crippen LogP contribution in [0.1, 0.15) is 13.3 Å². The van der Waals surface area contributed by atoms with Crippen LogP contribution >= 0.6 is 0 Å². The number of anilines is 1. The number of amides is 2. The minimum absolute atomic E-state index is 0.0572. The molecule has 8 nitrogen and oxygen atoms in total. The third-order valence-corrected chi connectivity index (χ3v) is 2.89. The zero-order valence-corrected chi connectivity index (χ0v) is 13.0. The fourth-order valence-corrected chi connectivity index (χ4v) is 1.92. The predicted octanol–water partition coefficient (Wildman–Crippen LogP) is 0.925. The van der Waals surface area contributed by atoms with E-state index in [9.17, 15) is 9.59 Å². The van der Waals surface area contributed by atoms with E-state index in [0.29, 0.717) is 36.1 Å². The summed E-state index contributed by atoms with van der Waals surface area (Å²) in [4.78, 5) is 23.2. The second-order valence-corrected chi connectivity index (χ2v) is 4.90. The maximum Gasteiger partial charge on any atom is 0.266 e. The molecular formula is C15H19N3O5. The van der Waals surface area contributed by atoms with Gasteiger partial charge in [-0.15, -0.1) is 0 Å². The molecule has 23 heavy (non-hydrogen) atoms. The molecule has 1 aliphatic rings. The largest absolute Gasteiger partial charge is 0.486 e. The molecular weight excluding hydrogens is 302 g/mol. The normalized spacial score (nSPS) is 13.4. The second kappa shape index (κ2) is 8.14. The van der Waals surface area contributed by atoms with Crippen LogP contribution in [0.4, 0.5) is 5.69 Å². The first-order valence-corrected chi connectivity index (χ1v) is 7.09. The van der Waals surface area contributed by atoms with Crippen LogP contribution in [0.2, 0.25) is 0 Å². The highest BCUT2D eigenvalue weighted by Crippen LogP contribution is 2.32. The Kier molecular flexibility index (Phi) is 5.93. The number of hydrogen-bond donors (Lipinski definition) is 2. The molecule has 0 atom stereocenters. The number of ether oxygens (including phenoxy) is 3. The van der Waals surface area contributed by atoms with Gasteiger partial charge in [-0.3, -0.25) is 9.59 Å². The van der Waals surface area contributed by atoms with E-state index in [-0.39, 0.29) is 24.8 Å². The number of methoxy groups -OCH3 is 1. The number of carbonyl (C=O) groups is 2. The Labute approximate surface area is 133 Å². The van der Waals surface area contributed by atoms with Crippen LogP contribution in [-0.4, -0.2) is 44.5 Å². The predicted molar refractivity (Wildman–Crippen MR) is 83.8 cm³/mol. The van der Waals surface area contributed by atoms with Gasteiger partial charge in [0.2, 0.25) is 5.91 Å². The van der Waals surface area contributed by atoms with Crippen LogP contribution in [0.15, 0.2) is 23.3 Å². The zero-order chi connectivity index (χ0) is 16.7. The summed E-state index contributed by atoms with van der Waals surface area (Å²) in [5.74, 6) is 0.641. The van der Waals surface area contributed by atoms with Crippen LogP contribution < -0.4 is 20.2 Å². The molecule has 2 rings (SSSR count). The number of carbonyl (C=O) groups excluding carboxylic acids is 2.